The van der Waals surface area contributed by atoms with Gasteiger partial charge >= 0.3 is 0 Å². The SMILES string of the molecule is CC[N+](/C=C/C(C)=C/c1ccc(C)cc1)(CC)CC. The van der Waals surface area contributed by atoms with E-state index in [0.717, 1.165) is 24.1 Å². The highest BCUT2D eigenvalue weighted by Crippen LogP contribution is 2.12. The zero-order valence-corrected chi connectivity index (χ0v) is 13.1. The maximum Gasteiger partial charge on any atom is 0.0961 e. The lowest BCUT2D eigenvalue weighted by atomic mass is 10.1. The molecule has 1 aromatic rings. The lowest BCUT2D eigenvalue weighted by Gasteiger charge is -2.31. The van der Waals surface area contributed by atoms with Crippen molar-refractivity contribution in [3.8, 4) is 0 Å². The highest BCUT2D eigenvalue weighted by Gasteiger charge is 2.16. The summed E-state index contributed by atoms with van der Waals surface area (Å²) in [7, 11) is 0. The first-order chi connectivity index (χ1) is 9.05. The quantitative estimate of drug-likeness (QED) is 0.508. The van der Waals surface area contributed by atoms with Gasteiger partial charge < -0.3 is 0 Å². The lowest BCUT2D eigenvalue weighted by Crippen LogP contribution is -2.41. The second-order valence-electron chi connectivity index (χ2n) is 5.28. The highest BCUT2D eigenvalue weighted by molar-refractivity contribution is 5.55. The molecule has 0 unspecified atom stereocenters. The van der Waals surface area contributed by atoms with Crippen molar-refractivity contribution in [2.24, 2.45) is 0 Å². The van der Waals surface area contributed by atoms with Gasteiger partial charge in [0.2, 0.25) is 0 Å². The third-order valence-corrected chi connectivity index (χ3v) is 4.01. The van der Waals surface area contributed by atoms with Crippen LogP contribution in [0.1, 0.15) is 38.8 Å². The molecule has 19 heavy (non-hydrogen) atoms. The van der Waals surface area contributed by atoms with Crippen LogP contribution >= 0.6 is 0 Å². The summed E-state index contributed by atoms with van der Waals surface area (Å²) >= 11 is 0. The summed E-state index contributed by atoms with van der Waals surface area (Å²) in [6.45, 7) is 14.5. The molecule has 0 saturated heterocycles. The Morgan fingerprint density at radius 1 is 1.00 bits per heavy atom. The van der Waals surface area contributed by atoms with Gasteiger partial charge in [0.25, 0.3) is 0 Å². The number of aryl methyl sites for hydroxylation is 1. The summed E-state index contributed by atoms with van der Waals surface area (Å²) in [6.07, 6.45) is 6.85. The Morgan fingerprint density at radius 2 is 1.53 bits per heavy atom. The summed E-state index contributed by atoms with van der Waals surface area (Å²) in [6, 6.07) is 8.67. The van der Waals surface area contributed by atoms with Crippen molar-refractivity contribution in [2.45, 2.75) is 34.6 Å². The third kappa shape index (κ3) is 4.68. The van der Waals surface area contributed by atoms with Gasteiger partial charge in [0.1, 0.15) is 0 Å². The van der Waals surface area contributed by atoms with Crippen molar-refractivity contribution in [3.05, 3.63) is 53.2 Å². The number of allylic oxidation sites excluding steroid dienone is 2. The molecule has 1 aromatic carbocycles. The van der Waals surface area contributed by atoms with E-state index >= 15 is 0 Å². The fourth-order valence-corrected chi connectivity index (χ4v) is 2.24. The lowest BCUT2D eigenvalue weighted by molar-refractivity contribution is -0.874. The molecule has 0 aliphatic rings. The fraction of sp³-hybridized carbons (Fsp3) is 0.444. The predicted molar refractivity (Wildman–Crippen MR) is 85.9 cm³/mol. The van der Waals surface area contributed by atoms with Crippen molar-refractivity contribution >= 4 is 6.08 Å². The van der Waals surface area contributed by atoms with E-state index in [-0.39, 0.29) is 0 Å². The molecule has 0 aliphatic carbocycles. The molecule has 1 nitrogen and oxygen atoms in total. The van der Waals surface area contributed by atoms with Gasteiger partial charge in [-0.1, -0.05) is 35.9 Å². The molecule has 0 aliphatic heterocycles. The average Bonchev–Trinajstić information content (AvgIpc) is 2.44. The van der Waals surface area contributed by atoms with Crippen LogP contribution in [0.4, 0.5) is 0 Å². The molecule has 0 saturated carbocycles. The second kappa shape index (κ2) is 7.30. The van der Waals surface area contributed by atoms with E-state index in [2.05, 4.69) is 77.2 Å². The van der Waals surface area contributed by atoms with Crippen LogP contribution in [0.25, 0.3) is 6.08 Å². The molecule has 1 rings (SSSR count). The first-order valence-corrected chi connectivity index (χ1v) is 7.35. The molecule has 104 valence electrons. The number of hydrogen-bond acceptors (Lipinski definition) is 0. The Labute approximate surface area is 118 Å². The van der Waals surface area contributed by atoms with Crippen molar-refractivity contribution in [1.82, 2.24) is 0 Å². The number of benzene rings is 1. The number of rotatable bonds is 6. The van der Waals surface area contributed by atoms with Crippen molar-refractivity contribution in [1.29, 1.82) is 0 Å². The summed E-state index contributed by atoms with van der Waals surface area (Å²) < 4.78 is 1.05. The predicted octanol–water partition coefficient (Wildman–Crippen LogP) is 4.79. The van der Waals surface area contributed by atoms with Gasteiger partial charge in [0.15, 0.2) is 0 Å². The van der Waals surface area contributed by atoms with Crippen LogP contribution in [-0.2, 0) is 0 Å². The van der Waals surface area contributed by atoms with Crippen molar-refractivity contribution < 1.29 is 4.48 Å². The number of hydrogen-bond donors (Lipinski definition) is 0. The topological polar surface area (TPSA) is 0 Å². The zero-order chi connectivity index (χ0) is 14.3. The van der Waals surface area contributed by atoms with E-state index < -0.39 is 0 Å². The largest absolute Gasteiger partial charge is 0.298 e. The molecule has 0 bridgehead atoms. The Balaban J connectivity index is 2.83. The molecule has 0 amide bonds. The van der Waals surface area contributed by atoms with Gasteiger partial charge in [-0.15, -0.1) is 0 Å². The summed E-state index contributed by atoms with van der Waals surface area (Å²) in [4.78, 5) is 0. The van der Waals surface area contributed by atoms with Crippen LogP contribution in [0, 0.1) is 6.92 Å². The van der Waals surface area contributed by atoms with E-state index in [1.54, 1.807) is 0 Å². The minimum atomic E-state index is 1.05. The third-order valence-electron chi connectivity index (χ3n) is 4.01. The Bertz CT molecular complexity index is 425. The van der Waals surface area contributed by atoms with Crippen LogP contribution in [0.15, 0.2) is 42.1 Å². The number of nitrogens with zero attached hydrogens (tertiary/aromatic N) is 1. The van der Waals surface area contributed by atoms with Crippen LogP contribution in [-0.4, -0.2) is 24.1 Å². The fourth-order valence-electron chi connectivity index (χ4n) is 2.24. The van der Waals surface area contributed by atoms with E-state index in [0.29, 0.717) is 0 Å². The Morgan fingerprint density at radius 3 is 2.00 bits per heavy atom. The Hall–Kier alpha value is -1.34. The number of quaternary nitrogens is 1. The summed E-state index contributed by atoms with van der Waals surface area (Å²) in [5.74, 6) is 0. The van der Waals surface area contributed by atoms with Gasteiger partial charge in [-0.25, -0.2) is 0 Å². The summed E-state index contributed by atoms with van der Waals surface area (Å²) in [5, 5.41) is 0. The second-order valence-corrected chi connectivity index (χ2v) is 5.28. The van der Waals surface area contributed by atoms with Crippen LogP contribution in [0.2, 0.25) is 0 Å². The first kappa shape index (κ1) is 15.7. The monoisotopic (exact) mass is 258 g/mol. The molecular formula is C18H28N+. The average molecular weight is 258 g/mol. The van der Waals surface area contributed by atoms with Gasteiger partial charge in [-0.2, -0.15) is 0 Å². The maximum absolute atomic E-state index is 2.35. The normalized spacial score (nSPS) is 13.2. The molecular weight excluding hydrogens is 230 g/mol. The Kier molecular flexibility index (Phi) is 6.04. The molecule has 0 N–H and O–H groups in total. The van der Waals surface area contributed by atoms with E-state index in [9.17, 15) is 0 Å². The van der Waals surface area contributed by atoms with E-state index in [4.69, 9.17) is 0 Å². The van der Waals surface area contributed by atoms with E-state index in [1.807, 2.05) is 0 Å². The smallest absolute Gasteiger partial charge is 0.0961 e. The van der Waals surface area contributed by atoms with Gasteiger partial charge in [0, 0.05) is 0 Å². The minimum absolute atomic E-state index is 1.05. The summed E-state index contributed by atoms with van der Waals surface area (Å²) in [5.41, 5.74) is 3.89. The zero-order valence-electron chi connectivity index (χ0n) is 13.1. The molecule has 1 heteroatoms. The van der Waals surface area contributed by atoms with Gasteiger partial charge in [-0.3, -0.25) is 4.48 Å². The molecule has 0 radical (unpaired) electrons. The van der Waals surface area contributed by atoms with Crippen molar-refractivity contribution in [2.75, 3.05) is 19.6 Å². The van der Waals surface area contributed by atoms with E-state index in [1.165, 1.54) is 16.7 Å². The van der Waals surface area contributed by atoms with Crippen LogP contribution in [0.3, 0.4) is 0 Å². The first-order valence-electron chi connectivity index (χ1n) is 7.35. The molecule has 0 aromatic heterocycles. The molecule has 0 fully saturated rings. The standard InChI is InChI=1S/C18H28N/c1-6-19(7-2,8-3)14-13-17(5)15-18-11-9-16(4)10-12-18/h9-15H,6-8H2,1-5H3/q+1/b14-13+,17-15+. The molecule has 0 heterocycles. The van der Waals surface area contributed by atoms with Crippen LogP contribution in [0.5, 0.6) is 0 Å². The highest BCUT2D eigenvalue weighted by atomic mass is 15.3. The molecule has 0 spiro atoms. The van der Waals surface area contributed by atoms with Gasteiger partial charge in [0.05, 0.1) is 25.8 Å². The minimum Gasteiger partial charge on any atom is -0.298 e. The van der Waals surface area contributed by atoms with Crippen molar-refractivity contribution in [3.63, 3.8) is 0 Å². The molecule has 0 atom stereocenters. The van der Waals surface area contributed by atoms with Crippen LogP contribution < -0.4 is 0 Å². The maximum atomic E-state index is 2.35. The van der Waals surface area contributed by atoms with Gasteiger partial charge in [-0.05, 0) is 51.8 Å².